The molecule has 0 aliphatic heterocycles. The average molecular weight is 243 g/mol. The third kappa shape index (κ3) is 3.20. The molecule has 2 rings (SSSR count). The molecule has 1 aromatic heterocycles. The smallest absolute Gasteiger partial charge is 0.144 e. The van der Waals surface area contributed by atoms with E-state index in [4.69, 9.17) is 4.74 Å². The number of nitrogens with one attached hydrogen (secondary N) is 1. The molecule has 4 heteroatoms. The molecule has 0 amide bonds. The van der Waals surface area contributed by atoms with Crippen molar-refractivity contribution in [1.29, 1.82) is 0 Å². The number of aryl methyl sites for hydroxylation is 1. The first-order valence-corrected chi connectivity index (χ1v) is 6.03. The predicted molar refractivity (Wildman–Crippen MR) is 71.7 cm³/mol. The minimum atomic E-state index is 0.435. The van der Waals surface area contributed by atoms with Gasteiger partial charge in [-0.2, -0.15) is 0 Å². The molecule has 0 saturated carbocycles. The van der Waals surface area contributed by atoms with E-state index >= 15 is 0 Å². The molecule has 0 aliphatic carbocycles. The number of benzene rings is 1. The zero-order valence-corrected chi connectivity index (χ0v) is 10.7. The van der Waals surface area contributed by atoms with Gasteiger partial charge in [-0.3, -0.25) is 4.98 Å². The Morgan fingerprint density at radius 1 is 1.17 bits per heavy atom. The van der Waals surface area contributed by atoms with Crippen LogP contribution in [0.4, 0.5) is 5.82 Å². The molecule has 1 heterocycles. The van der Waals surface area contributed by atoms with Crippen molar-refractivity contribution in [2.24, 2.45) is 0 Å². The van der Waals surface area contributed by atoms with E-state index in [2.05, 4.69) is 15.3 Å². The molecular weight excluding hydrogens is 226 g/mol. The van der Waals surface area contributed by atoms with Crippen LogP contribution in [0, 0.1) is 6.92 Å². The van der Waals surface area contributed by atoms with Crippen LogP contribution in [0.5, 0.6) is 5.75 Å². The van der Waals surface area contributed by atoms with E-state index in [0.29, 0.717) is 6.61 Å². The van der Waals surface area contributed by atoms with Gasteiger partial charge in [-0.15, -0.1) is 0 Å². The van der Waals surface area contributed by atoms with Crippen LogP contribution >= 0.6 is 0 Å². The molecule has 94 valence electrons. The Morgan fingerprint density at radius 3 is 2.67 bits per heavy atom. The second kappa shape index (κ2) is 6.00. The Labute approximate surface area is 107 Å². The topological polar surface area (TPSA) is 47.0 Å². The van der Waals surface area contributed by atoms with Gasteiger partial charge in [0.15, 0.2) is 0 Å². The highest BCUT2D eigenvalue weighted by Crippen LogP contribution is 2.17. The highest BCUT2D eigenvalue weighted by atomic mass is 16.5. The average Bonchev–Trinajstić information content (AvgIpc) is 2.40. The summed E-state index contributed by atoms with van der Waals surface area (Å²) in [4.78, 5) is 8.54. The molecule has 0 aliphatic rings. The van der Waals surface area contributed by atoms with Crippen LogP contribution in [0.3, 0.4) is 0 Å². The Bertz CT molecular complexity index is 497. The normalized spacial score (nSPS) is 10.1. The lowest BCUT2D eigenvalue weighted by molar-refractivity contribution is 0.299. The maximum atomic E-state index is 5.70. The van der Waals surface area contributed by atoms with Crippen molar-refractivity contribution in [3.8, 4) is 5.75 Å². The van der Waals surface area contributed by atoms with Gasteiger partial charge in [-0.25, -0.2) is 4.98 Å². The fourth-order valence-corrected chi connectivity index (χ4v) is 1.57. The lowest BCUT2D eigenvalue weighted by atomic mass is 10.2. The maximum absolute atomic E-state index is 5.70. The first kappa shape index (κ1) is 12.4. The van der Waals surface area contributed by atoms with Gasteiger partial charge in [0.05, 0.1) is 18.1 Å². The Kier molecular flexibility index (Phi) is 4.12. The van der Waals surface area contributed by atoms with E-state index in [1.54, 1.807) is 12.4 Å². The number of ether oxygens (including phenoxy) is 1. The number of aromatic nitrogens is 2. The summed E-state index contributed by atoms with van der Waals surface area (Å²) in [5.41, 5.74) is 1.94. The van der Waals surface area contributed by atoms with Crippen LogP contribution in [0.25, 0.3) is 0 Å². The van der Waals surface area contributed by atoms with Crippen molar-refractivity contribution in [3.05, 3.63) is 47.9 Å². The van der Waals surface area contributed by atoms with Gasteiger partial charge in [-0.05, 0) is 25.5 Å². The maximum Gasteiger partial charge on any atom is 0.144 e. The molecule has 18 heavy (non-hydrogen) atoms. The number of nitrogens with zero attached hydrogens (tertiary/aromatic N) is 2. The molecule has 1 aromatic carbocycles. The Morgan fingerprint density at radius 2 is 2.00 bits per heavy atom. The van der Waals surface area contributed by atoms with Gasteiger partial charge in [0.1, 0.15) is 18.2 Å². The van der Waals surface area contributed by atoms with Crippen LogP contribution in [0.2, 0.25) is 0 Å². The van der Waals surface area contributed by atoms with Crippen molar-refractivity contribution in [2.45, 2.75) is 20.5 Å². The zero-order chi connectivity index (χ0) is 12.8. The predicted octanol–water partition coefficient (Wildman–Crippen LogP) is 2.80. The molecule has 4 nitrogen and oxygen atoms in total. The SMILES string of the molecule is CCNc1cnc(COc2ccccc2C)cn1. The second-order valence-corrected chi connectivity index (χ2v) is 3.98. The van der Waals surface area contributed by atoms with E-state index in [1.807, 2.05) is 38.1 Å². The minimum Gasteiger partial charge on any atom is -0.487 e. The summed E-state index contributed by atoms with van der Waals surface area (Å²) in [6.45, 7) is 5.32. The van der Waals surface area contributed by atoms with Crippen LogP contribution in [-0.2, 0) is 6.61 Å². The third-order valence-electron chi connectivity index (χ3n) is 2.53. The molecule has 0 radical (unpaired) electrons. The van der Waals surface area contributed by atoms with E-state index in [-0.39, 0.29) is 0 Å². The third-order valence-corrected chi connectivity index (χ3v) is 2.53. The van der Waals surface area contributed by atoms with Crippen LogP contribution in [0.15, 0.2) is 36.7 Å². The summed E-state index contributed by atoms with van der Waals surface area (Å²) in [5.74, 6) is 1.67. The highest BCUT2D eigenvalue weighted by molar-refractivity contribution is 5.32. The van der Waals surface area contributed by atoms with E-state index in [9.17, 15) is 0 Å². The first-order chi connectivity index (χ1) is 8.79. The quantitative estimate of drug-likeness (QED) is 0.877. The van der Waals surface area contributed by atoms with Crippen LogP contribution in [0.1, 0.15) is 18.2 Å². The van der Waals surface area contributed by atoms with Crippen molar-refractivity contribution in [1.82, 2.24) is 9.97 Å². The van der Waals surface area contributed by atoms with Crippen molar-refractivity contribution >= 4 is 5.82 Å². The van der Waals surface area contributed by atoms with Gasteiger partial charge in [-0.1, -0.05) is 18.2 Å². The number of para-hydroxylation sites is 1. The monoisotopic (exact) mass is 243 g/mol. The van der Waals surface area contributed by atoms with Gasteiger partial charge in [0.25, 0.3) is 0 Å². The molecule has 0 atom stereocenters. The van der Waals surface area contributed by atoms with E-state index in [0.717, 1.165) is 29.4 Å². The summed E-state index contributed by atoms with van der Waals surface area (Å²) >= 11 is 0. The van der Waals surface area contributed by atoms with Gasteiger partial charge < -0.3 is 10.1 Å². The number of hydrogen-bond donors (Lipinski definition) is 1. The van der Waals surface area contributed by atoms with Crippen molar-refractivity contribution in [2.75, 3.05) is 11.9 Å². The summed E-state index contributed by atoms with van der Waals surface area (Å²) in [6, 6.07) is 7.93. The molecule has 2 aromatic rings. The number of anilines is 1. The highest BCUT2D eigenvalue weighted by Gasteiger charge is 2.00. The Balaban J connectivity index is 1.96. The standard InChI is InChI=1S/C14H17N3O/c1-3-15-14-9-16-12(8-17-14)10-18-13-7-5-4-6-11(13)2/h4-9H,3,10H2,1-2H3,(H,15,17). The summed E-state index contributed by atoms with van der Waals surface area (Å²) in [5, 5.41) is 3.10. The van der Waals surface area contributed by atoms with Gasteiger partial charge >= 0.3 is 0 Å². The van der Waals surface area contributed by atoms with Crippen molar-refractivity contribution in [3.63, 3.8) is 0 Å². The Hall–Kier alpha value is -2.10. The van der Waals surface area contributed by atoms with Crippen LogP contribution in [-0.4, -0.2) is 16.5 Å². The molecule has 0 bridgehead atoms. The number of rotatable bonds is 5. The fourth-order valence-electron chi connectivity index (χ4n) is 1.57. The van der Waals surface area contributed by atoms with Crippen LogP contribution < -0.4 is 10.1 Å². The second-order valence-electron chi connectivity index (χ2n) is 3.98. The molecule has 0 unspecified atom stereocenters. The van der Waals surface area contributed by atoms with Crippen molar-refractivity contribution < 1.29 is 4.74 Å². The van der Waals surface area contributed by atoms with E-state index < -0.39 is 0 Å². The molecule has 0 fully saturated rings. The first-order valence-electron chi connectivity index (χ1n) is 6.03. The largest absolute Gasteiger partial charge is 0.487 e. The number of hydrogen-bond acceptors (Lipinski definition) is 4. The summed E-state index contributed by atoms with van der Waals surface area (Å²) < 4.78 is 5.70. The zero-order valence-electron chi connectivity index (χ0n) is 10.7. The molecule has 1 N–H and O–H groups in total. The molecule has 0 spiro atoms. The summed E-state index contributed by atoms with van der Waals surface area (Å²) in [6.07, 6.45) is 3.45. The lowest BCUT2D eigenvalue weighted by Crippen LogP contribution is -2.03. The van der Waals surface area contributed by atoms with Gasteiger partial charge in [0, 0.05) is 6.54 Å². The molecular formula is C14H17N3O. The van der Waals surface area contributed by atoms with Gasteiger partial charge in [0.2, 0.25) is 0 Å². The lowest BCUT2D eigenvalue weighted by Gasteiger charge is -2.08. The minimum absolute atomic E-state index is 0.435. The summed E-state index contributed by atoms with van der Waals surface area (Å²) in [7, 11) is 0. The van der Waals surface area contributed by atoms with E-state index in [1.165, 1.54) is 0 Å². The molecule has 0 saturated heterocycles. The fraction of sp³-hybridized carbons (Fsp3) is 0.286.